The number of Topliss-reactive ketones (excluding diaryl/α,β-unsaturated/α-hetero) is 1. The van der Waals surface area contributed by atoms with Crippen LogP contribution in [0.4, 0.5) is 4.39 Å². The van der Waals surface area contributed by atoms with Crippen molar-refractivity contribution in [1.82, 2.24) is 0 Å². The van der Waals surface area contributed by atoms with E-state index in [0.717, 1.165) is 18.4 Å². The topological polar surface area (TPSA) is 17.1 Å². The Morgan fingerprint density at radius 3 is 2.33 bits per heavy atom. The van der Waals surface area contributed by atoms with Crippen molar-refractivity contribution < 1.29 is 9.18 Å². The van der Waals surface area contributed by atoms with Crippen molar-refractivity contribution in [3.63, 3.8) is 0 Å². The predicted molar refractivity (Wildman–Crippen MR) is 68.1 cm³/mol. The summed E-state index contributed by atoms with van der Waals surface area (Å²) in [5.74, 6) is -0.173. The Balaban J connectivity index is 1.99. The first-order valence-electron chi connectivity index (χ1n) is 6.08. The van der Waals surface area contributed by atoms with E-state index in [2.05, 4.69) is 0 Å². The molecule has 0 unspecified atom stereocenters. The van der Waals surface area contributed by atoms with Crippen LogP contribution in [0.3, 0.4) is 0 Å². The molecular formula is C16H13FO. The third-order valence-electron chi connectivity index (χ3n) is 3.60. The Morgan fingerprint density at radius 2 is 1.72 bits per heavy atom. The largest absolute Gasteiger partial charge is 0.293 e. The van der Waals surface area contributed by atoms with Gasteiger partial charge >= 0.3 is 0 Å². The first-order valence-corrected chi connectivity index (χ1v) is 6.08. The minimum absolute atomic E-state index is 0.105. The maximum absolute atomic E-state index is 13.3. The molecule has 1 aliphatic rings. The lowest BCUT2D eigenvalue weighted by molar-refractivity contribution is 0.0946. The summed E-state index contributed by atoms with van der Waals surface area (Å²) in [4.78, 5) is 12.5. The maximum atomic E-state index is 13.3. The van der Waals surface area contributed by atoms with Crippen molar-refractivity contribution in [3.05, 3.63) is 71.5 Å². The lowest BCUT2D eigenvalue weighted by Gasteiger charge is -2.14. The number of halogens is 1. The Labute approximate surface area is 105 Å². The van der Waals surface area contributed by atoms with Gasteiger partial charge in [0.2, 0.25) is 0 Å². The molecule has 0 amide bonds. The molecule has 0 aliphatic heterocycles. The molecule has 0 bridgehead atoms. The zero-order valence-electron chi connectivity index (χ0n) is 9.90. The highest BCUT2D eigenvalue weighted by molar-refractivity contribution is 6.06. The van der Waals surface area contributed by atoms with Crippen LogP contribution in [-0.2, 0) is 5.41 Å². The molecule has 1 aliphatic carbocycles. The molecule has 0 N–H and O–H groups in total. The van der Waals surface area contributed by atoms with Gasteiger partial charge in [0.05, 0.1) is 5.41 Å². The number of benzene rings is 2. The van der Waals surface area contributed by atoms with Gasteiger partial charge in [-0.15, -0.1) is 0 Å². The van der Waals surface area contributed by atoms with Crippen LogP contribution in [-0.4, -0.2) is 5.78 Å². The lowest BCUT2D eigenvalue weighted by atomic mass is 9.87. The standard InChI is InChI=1S/C16H13FO/c17-14-8-4-7-13(11-14)16(9-10-16)15(18)12-5-2-1-3-6-12/h1-8,11H,9-10H2. The first-order chi connectivity index (χ1) is 8.72. The molecule has 0 aromatic heterocycles. The number of carbonyl (C=O) groups is 1. The molecule has 1 nitrogen and oxygen atoms in total. The zero-order chi connectivity index (χ0) is 12.6. The summed E-state index contributed by atoms with van der Waals surface area (Å²) in [6.45, 7) is 0. The molecule has 0 radical (unpaired) electrons. The van der Waals surface area contributed by atoms with Gasteiger partial charge in [-0.3, -0.25) is 4.79 Å². The van der Waals surface area contributed by atoms with Gasteiger partial charge in [0, 0.05) is 5.56 Å². The maximum Gasteiger partial charge on any atom is 0.173 e. The van der Waals surface area contributed by atoms with Gasteiger partial charge in [-0.05, 0) is 30.5 Å². The zero-order valence-corrected chi connectivity index (χ0v) is 9.90. The highest BCUT2D eigenvalue weighted by Gasteiger charge is 2.51. The smallest absolute Gasteiger partial charge is 0.173 e. The van der Waals surface area contributed by atoms with E-state index in [-0.39, 0.29) is 11.6 Å². The van der Waals surface area contributed by atoms with Crippen LogP contribution in [0.15, 0.2) is 54.6 Å². The fourth-order valence-corrected chi connectivity index (χ4v) is 2.42. The van der Waals surface area contributed by atoms with Crippen molar-refractivity contribution in [2.75, 3.05) is 0 Å². The van der Waals surface area contributed by atoms with Gasteiger partial charge in [-0.2, -0.15) is 0 Å². The quantitative estimate of drug-likeness (QED) is 0.747. The summed E-state index contributed by atoms with van der Waals surface area (Å²) in [6, 6.07) is 15.6. The van der Waals surface area contributed by atoms with Gasteiger partial charge in [0.15, 0.2) is 5.78 Å². The molecule has 1 fully saturated rings. The van der Waals surface area contributed by atoms with E-state index >= 15 is 0 Å². The van der Waals surface area contributed by atoms with E-state index in [4.69, 9.17) is 0 Å². The Kier molecular flexibility index (Phi) is 2.51. The van der Waals surface area contributed by atoms with Crippen LogP contribution >= 0.6 is 0 Å². The molecule has 0 spiro atoms. The van der Waals surface area contributed by atoms with E-state index in [0.29, 0.717) is 5.56 Å². The van der Waals surface area contributed by atoms with Gasteiger partial charge < -0.3 is 0 Å². The van der Waals surface area contributed by atoms with Crippen LogP contribution in [0.2, 0.25) is 0 Å². The van der Waals surface area contributed by atoms with E-state index in [9.17, 15) is 9.18 Å². The molecule has 2 aromatic carbocycles. The third-order valence-corrected chi connectivity index (χ3v) is 3.60. The van der Waals surface area contributed by atoms with Crippen molar-refractivity contribution >= 4 is 5.78 Å². The number of hydrogen-bond donors (Lipinski definition) is 0. The summed E-state index contributed by atoms with van der Waals surface area (Å²) < 4.78 is 13.3. The lowest BCUT2D eigenvalue weighted by Crippen LogP contribution is -2.20. The van der Waals surface area contributed by atoms with E-state index in [1.807, 2.05) is 36.4 Å². The van der Waals surface area contributed by atoms with Crippen molar-refractivity contribution in [2.24, 2.45) is 0 Å². The fraction of sp³-hybridized carbons (Fsp3) is 0.188. The summed E-state index contributed by atoms with van der Waals surface area (Å²) in [5, 5.41) is 0. The minimum Gasteiger partial charge on any atom is -0.293 e. The summed E-state index contributed by atoms with van der Waals surface area (Å²) >= 11 is 0. The van der Waals surface area contributed by atoms with Crippen molar-refractivity contribution in [3.8, 4) is 0 Å². The number of rotatable bonds is 3. The van der Waals surface area contributed by atoms with Crippen LogP contribution < -0.4 is 0 Å². The summed E-state index contributed by atoms with van der Waals surface area (Å²) in [6.07, 6.45) is 1.62. The van der Waals surface area contributed by atoms with E-state index in [1.165, 1.54) is 12.1 Å². The van der Waals surface area contributed by atoms with Gasteiger partial charge in [-0.25, -0.2) is 4.39 Å². The number of ketones is 1. The van der Waals surface area contributed by atoms with Gasteiger partial charge in [0.25, 0.3) is 0 Å². The molecular weight excluding hydrogens is 227 g/mol. The van der Waals surface area contributed by atoms with E-state index in [1.54, 1.807) is 6.07 Å². The molecule has 1 saturated carbocycles. The molecule has 2 heteroatoms. The second-order valence-corrected chi connectivity index (χ2v) is 4.79. The van der Waals surface area contributed by atoms with Gasteiger partial charge in [0.1, 0.15) is 5.82 Å². The molecule has 0 atom stereocenters. The Hall–Kier alpha value is -1.96. The molecule has 18 heavy (non-hydrogen) atoms. The molecule has 3 rings (SSSR count). The third kappa shape index (κ3) is 1.74. The summed E-state index contributed by atoms with van der Waals surface area (Å²) in [5.41, 5.74) is 1.03. The number of hydrogen-bond acceptors (Lipinski definition) is 1. The highest BCUT2D eigenvalue weighted by Crippen LogP contribution is 2.50. The summed E-state index contributed by atoms with van der Waals surface area (Å²) in [7, 11) is 0. The molecule has 90 valence electrons. The monoisotopic (exact) mass is 240 g/mol. The van der Waals surface area contributed by atoms with Crippen LogP contribution in [0.25, 0.3) is 0 Å². The minimum atomic E-state index is -0.483. The predicted octanol–water partition coefficient (Wildman–Crippen LogP) is 3.74. The average molecular weight is 240 g/mol. The second kappa shape index (κ2) is 4.05. The van der Waals surface area contributed by atoms with Gasteiger partial charge in [-0.1, -0.05) is 42.5 Å². The SMILES string of the molecule is O=C(c1ccccc1)C1(c2cccc(F)c2)CC1. The Bertz CT molecular complexity index is 585. The second-order valence-electron chi connectivity index (χ2n) is 4.79. The Morgan fingerprint density at radius 1 is 1.00 bits per heavy atom. The molecule has 0 heterocycles. The van der Waals surface area contributed by atoms with Crippen LogP contribution in [0.5, 0.6) is 0 Å². The number of carbonyl (C=O) groups excluding carboxylic acids is 1. The van der Waals surface area contributed by atoms with Crippen LogP contribution in [0, 0.1) is 5.82 Å². The fourth-order valence-electron chi connectivity index (χ4n) is 2.42. The molecule has 2 aromatic rings. The van der Waals surface area contributed by atoms with E-state index < -0.39 is 5.41 Å². The average Bonchev–Trinajstić information content (AvgIpc) is 3.20. The van der Waals surface area contributed by atoms with Crippen LogP contribution in [0.1, 0.15) is 28.8 Å². The van der Waals surface area contributed by atoms with Crippen molar-refractivity contribution in [1.29, 1.82) is 0 Å². The normalized spacial score (nSPS) is 16.3. The molecule has 0 saturated heterocycles. The van der Waals surface area contributed by atoms with Crippen molar-refractivity contribution in [2.45, 2.75) is 18.3 Å². The highest BCUT2D eigenvalue weighted by atomic mass is 19.1. The first kappa shape index (κ1) is 11.1.